The number of aliphatic hydroxyl groups is 1. The average molecular weight is 594 g/mol. The lowest BCUT2D eigenvalue weighted by molar-refractivity contribution is -0.121. The largest absolute Gasteiger partial charge is 0.393 e. The van der Waals surface area contributed by atoms with Gasteiger partial charge in [-0.05, 0) is 51.9 Å². The first-order valence-electron chi connectivity index (χ1n) is 14.9. The standard InChI is InChI=1S/C28H47N7O5S/c1-20(37)11-7-10-16-35(19-36)27(39)25-26(31-18-34(25)2)30-15-9-4-3-8-14-29-23(38)13-6-5-12-22-24-21(17-41-22)32-28(40)33-24/h18-22,24,30,37H,3-17H2,1-2H3,(H,29,38)(H2,32,33,40)/t20-,21+,22+,24+/m1/s1. The van der Waals surface area contributed by atoms with E-state index in [4.69, 9.17) is 0 Å². The molecular weight excluding hydrogens is 546 g/mol. The Balaban J connectivity index is 1.22. The number of thioether (sulfide) groups is 1. The molecule has 5 amide bonds. The van der Waals surface area contributed by atoms with Gasteiger partial charge in [0.05, 0.1) is 24.5 Å². The molecule has 41 heavy (non-hydrogen) atoms. The lowest BCUT2D eigenvalue weighted by atomic mass is 10.0. The van der Waals surface area contributed by atoms with Crippen molar-refractivity contribution in [3.8, 4) is 0 Å². The van der Waals surface area contributed by atoms with Gasteiger partial charge in [0.15, 0.2) is 11.5 Å². The first-order chi connectivity index (χ1) is 19.8. The second-order valence-electron chi connectivity index (χ2n) is 11.1. The first kappa shape index (κ1) is 32.7. The zero-order valence-electron chi connectivity index (χ0n) is 24.4. The molecule has 2 saturated heterocycles. The van der Waals surface area contributed by atoms with Crippen LogP contribution in [0.15, 0.2) is 6.33 Å². The molecule has 0 saturated carbocycles. The number of aliphatic hydroxyl groups excluding tert-OH is 1. The van der Waals surface area contributed by atoms with Crippen molar-refractivity contribution in [2.24, 2.45) is 7.05 Å². The molecule has 2 aliphatic rings. The number of imide groups is 1. The number of rotatable bonds is 20. The second kappa shape index (κ2) is 17.2. The number of aromatic nitrogens is 2. The molecular formula is C28H47N7O5S. The lowest BCUT2D eigenvalue weighted by Crippen LogP contribution is -2.36. The Labute approximate surface area is 247 Å². The lowest BCUT2D eigenvalue weighted by Gasteiger charge is -2.17. The predicted molar refractivity (Wildman–Crippen MR) is 160 cm³/mol. The number of imidazole rings is 1. The second-order valence-corrected chi connectivity index (χ2v) is 12.3. The zero-order chi connectivity index (χ0) is 29.6. The molecule has 3 heterocycles. The Morgan fingerprint density at radius 3 is 2.71 bits per heavy atom. The number of carbonyl (C=O) groups is 4. The van der Waals surface area contributed by atoms with Crippen LogP contribution in [0.5, 0.6) is 0 Å². The quantitative estimate of drug-likeness (QED) is 0.0876. The van der Waals surface area contributed by atoms with Gasteiger partial charge in [-0.1, -0.05) is 19.3 Å². The van der Waals surface area contributed by atoms with Gasteiger partial charge in [0.2, 0.25) is 12.3 Å². The van der Waals surface area contributed by atoms with Gasteiger partial charge < -0.3 is 30.9 Å². The number of anilines is 1. The van der Waals surface area contributed by atoms with E-state index >= 15 is 0 Å². The highest BCUT2D eigenvalue weighted by Gasteiger charge is 2.42. The molecule has 5 N–H and O–H groups in total. The molecule has 0 bridgehead atoms. The van der Waals surface area contributed by atoms with Gasteiger partial charge in [-0.3, -0.25) is 19.3 Å². The predicted octanol–water partition coefficient (Wildman–Crippen LogP) is 2.38. The van der Waals surface area contributed by atoms with Crippen LogP contribution in [0, 0.1) is 0 Å². The SMILES string of the molecule is C[C@@H](O)CCCCN(C=O)C(=O)c1c(NCCCCCCNC(=O)CCCC[C@@H]2SC[C@@H]3NC(=O)N[C@@H]32)ncn1C. The number of amides is 5. The molecule has 0 unspecified atom stereocenters. The summed E-state index contributed by atoms with van der Waals surface area (Å²) >= 11 is 1.90. The minimum absolute atomic E-state index is 0.0606. The first-order valence-corrected chi connectivity index (χ1v) is 16.0. The number of hydrogen-bond acceptors (Lipinski definition) is 8. The third-order valence-corrected chi connectivity index (χ3v) is 9.11. The molecule has 13 heteroatoms. The van der Waals surface area contributed by atoms with Crippen LogP contribution in [-0.2, 0) is 16.6 Å². The van der Waals surface area contributed by atoms with Crippen LogP contribution in [0.25, 0.3) is 0 Å². The minimum atomic E-state index is -0.394. The highest BCUT2D eigenvalue weighted by molar-refractivity contribution is 8.00. The van der Waals surface area contributed by atoms with E-state index in [2.05, 4.69) is 26.3 Å². The van der Waals surface area contributed by atoms with Gasteiger partial charge in [0, 0.05) is 44.1 Å². The highest BCUT2D eigenvalue weighted by atomic mass is 32.2. The number of hydrogen-bond donors (Lipinski definition) is 5. The summed E-state index contributed by atoms with van der Waals surface area (Å²) in [6.07, 6.45) is 10.9. The van der Waals surface area contributed by atoms with Gasteiger partial charge in [-0.15, -0.1) is 0 Å². The Kier molecular flexibility index (Phi) is 13.7. The van der Waals surface area contributed by atoms with Crippen LogP contribution in [0.3, 0.4) is 0 Å². The Morgan fingerprint density at radius 1 is 1.17 bits per heavy atom. The Bertz CT molecular complexity index is 1000. The monoisotopic (exact) mass is 593 g/mol. The third kappa shape index (κ3) is 10.5. The summed E-state index contributed by atoms with van der Waals surface area (Å²) in [5.74, 6) is 1.14. The highest BCUT2D eigenvalue weighted by Crippen LogP contribution is 2.33. The molecule has 0 aromatic carbocycles. The Morgan fingerprint density at radius 2 is 1.95 bits per heavy atom. The van der Waals surface area contributed by atoms with E-state index in [0.717, 1.165) is 62.0 Å². The van der Waals surface area contributed by atoms with Crippen molar-refractivity contribution >= 4 is 41.8 Å². The molecule has 1 aromatic rings. The summed E-state index contributed by atoms with van der Waals surface area (Å²) in [4.78, 5) is 53.6. The third-order valence-electron chi connectivity index (χ3n) is 7.60. The number of fused-ring (bicyclic) bond motifs is 1. The van der Waals surface area contributed by atoms with Crippen LogP contribution in [0.4, 0.5) is 10.6 Å². The van der Waals surface area contributed by atoms with Crippen molar-refractivity contribution in [3.63, 3.8) is 0 Å². The number of nitrogens with zero attached hydrogens (tertiary/aromatic N) is 3. The molecule has 4 atom stereocenters. The Hall–Kier alpha value is -2.80. The van der Waals surface area contributed by atoms with Crippen LogP contribution < -0.4 is 21.3 Å². The molecule has 3 rings (SSSR count). The summed E-state index contributed by atoms with van der Waals surface area (Å²) in [5, 5.41) is 22.0. The van der Waals surface area contributed by atoms with E-state index in [1.807, 2.05) is 11.8 Å². The van der Waals surface area contributed by atoms with E-state index < -0.39 is 6.10 Å². The summed E-state index contributed by atoms with van der Waals surface area (Å²) in [7, 11) is 1.73. The van der Waals surface area contributed by atoms with Gasteiger partial charge in [0.1, 0.15) is 0 Å². The van der Waals surface area contributed by atoms with Crippen molar-refractivity contribution in [1.82, 2.24) is 30.4 Å². The van der Waals surface area contributed by atoms with Crippen LogP contribution in [-0.4, -0.2) is 92.6 Å². The molecule has 2 aliphatic heterocycles. The molecule has 1 aromatic heterocycles. The van der Waals surface area contributed by atoms with Gasteiger partial charge in [0.25, 0.3) is 5.91 Å². The molecule has 0 radical (unpaired) electrons. The summed E-state index contributed by atoms with van der Waals surface area (Å²) in [6, 6.07) is 0.408. The van der Waals surface area contributed by atoms with Crippen LogP contribution >= 0.6 is 11.8 Å². The van der Waals surface area contributed by atoms with Crippen molar-refractivity contribution < 1.29 is 24.3 Å². The number of carbonyl (C=O) groups excluding carboxylic acids is 4. The smallest absolute Gasteiger partial charge is 0.315 e. The van der Waals surface area contributed by atoms with E-state index in [1.54, 1.807) is 24.9 Å². The maximum absolute atomic E-state index is 13.0. The number of unbranched alkanes of at least 4 members (excludes halogenated alkanes) is 5. The topological polar surface area (TPSA) is 158 Å². The number of urea groups is 1. The fourth-order valence-electron chi connectivity index (χ4n) is 5.27. The summed E-state index contributed by atoms with van der Waals surface area (Å²) in [6.45, 7) is 3.35. The molecule has 12 nitrogen and oxygen atoms in total. The van der Waals surface area contributed by atoms with Crippen molar-refractivity contribution in [3.05, 3.63) is 12.0 Å². The zero-order valence-corrected chi connectivity index (χ0v) is 25.2. The molecule has 2 fully saturated rings. The van der Waals surface area contributed by atoms with Gasteiger partial charge in [-0.2, -0.15) is 11.8 Å². The van der Waals surface area contributed by atoms with Gasteiger partial charge in [-0.25, -0.2) is 9.78 Å². The average Bonchev–Trinajstić information content (AvgIpc) is 3.61. The van der Waals surface area contributed by atoms with Crippen molar-refractivity contribution in [1.29, 1.82) is 0 Å². The van der Waals surface area contributed by atoms with Crippen LogP contribution in [0.1, 0.15) is 88.0 Å². The molecule has 0 spiro atoms. The van der Waals surface area contributed by atoms with E-state index in [-0.39, 0.29) is 29.9 Å². The van der Waals surface area contributed by atoms with E-state index in [9.17, 15) is 24.3 Å². The van der Waals surface area contributed by atoms with Crippen LogP contribution in [0.2, 0.25) is 0 Å². The maximum atomic E-state index is 13.0. The van der Waals surface area contributed by atoms with Gasteiger partial charge >= 0.3 is 6.03 Å². The number of aryl methyl sites for hydroxylation is 1. The molecule has 230 valence electrons. The fraction of sp³-hybridized carbons (Fsp3) is 0.750. The van der Waals surface area contributed by atoms with Crippen molar-refractivity contribution in [2.75, 3.05) is 30.7 Å². The number of nitrogens with one attached hydrogen (secondary N) is 4. The molecule has 0 aliphatic carbocycles. The maximum Gasteiger partial charge on any atom is 0.315 e. The summed E-state index contributed by atoms with van der Waals surface area (Å²) in [5.41, 5.74) is 0.351. The van der Waals surface area contributed by atoms with Crippen molar-refractivity contribution in [2.45, 2.75) is 101 Å². The normalized spacial score (nSPS) is 20.2. The fourth-order valence-corrected chi connectivity index (χ4v) is 6.82. The van der Waals surface area contributed by atoms with E-state index in [1.165, 1.54) is 0 Å². The minimum Gasteiger partial charge on any atom is -0.393 e. The summed E-state index contributed by atoms with van der Waals surface area (Å²) < 4.78 is 1.62. The van der Waals surface area contributed by atoms with E-state index in [0.29, 0.717) is 62.1 Å².